The first-order valence-corrected chi connectivity index (χ1v) is 25.6. The Kier molecular flexibility index (Phi) is 43.3. The maximum Gasteiger partial charge on any atom is 0.472 e. The number of aliphatic hydroxyl groups excluding tert-OH is 1. The molecule has 1 amide bonds. The van der Waals surface area contributed by atoms with Crippen LogP contribution >= 0.6 is 7.82 Å². The number of hydrogen-bond acceptors (Lipinski definition) is 6. The van der Waals surface area contributed by atoms with Crippen molar-refractivity contribution in [1.29, 1.82) is 0 Å². The van der Waals surface area contributed by atoms with Crippen LogP contribution in [-0.4, -0.2) is 47.8 Å². The summed E-state index contributed by atoms with van der Waals surface area (Å²) < 4.78 is 22.2. The summed E-state index contributed by atoms with van der Waals surface area (Å²) in [4.78, 5) is 22.8. The van der Waals surface area contributed by atoms with E-state index in [9.17, 15) is 19.4 Å². The normalized spacial score (nSPS) is 14.3. The fourth-order valence-electron chi connectivity index (χ4n) is 7.05. The number of nitrogens with one attached hydrogen (secondary N) is 1. The zero-order chi connectivity index (χ0) is 41.8. The maximum absolute atomic E-state index is 12.8. The summed E-state index contributed by atoms with van der Waals surface area (Å²) in [6.07, 6.45) is 53.5. The number of carbonyl (C=O) groups is 1. The topological polar surface area (TPSA) is 131 Å². The molecule has 336 valence electrons. The Morgan fingerprint density at radius 2 is 0.930 bits per heavy atom. The Bertz CT molecular complexity index is 990. The van der Waals surface area contributed by atoms with Gasteiger partial charge in [0, 0.05) is 13.0 Å². The third kappa shape index (κ3) is 42.6. The predicted molar refractivity (Wildman–Crippen MR) is 244 cm³/mol. The van der Waals surface area contributed by atoms with E-state index < -0.39 is 20.0 Å². The summed E-state index contributed by atoms with van der Waals surface area (Å²) in [5.41, 5.74) is 5.38. The lowest BCUT2D eigenvalue weighted by Crippen LogP contribution is -2.45. The van der Waals surface area contributed by atoms with Crippen LogP contribution in [0.4, 0.5) is 0 Å². The minimum atomic E-state index is -4.35. The molecule has 5 N–H and O–H groups in total. The van der Waals surface area contributed by atoms with Gasteiger partial charge < -0.3 is 21.1 Å². The van der Waals surface area contributed by atoms with E-state index in [0.29, 0.717) is 6.42 Å². The zero-order valence-corrected chi connectivity index (χ0v) is 38.2. The van der Waals surface area contributed by atoms with Gasteiger partial charge in [0.25, 0.3) is 0 Å². The van der Waals surface area contributed by atoms with E-state index in [1.807, 2.05) is 6.08 Å². The van der Waals surface area contributed by atoms with Crippen molar-refractivity contribution in [1.82, 2.24) is 5.32 Å². The van der Waals surface area contributed by atoms with Crippen molar-refractivity contribution in [3.63, 3.8) is 0 Å². The Balaban J connectivity index is 4.21. The van der Waals surface area contributed by atoms with Crippen molar-refractivity contribution >= 4 is 13.7 Å². The third-order valence-electron chi connectivity index (χ3n) is 10.7. The molecule has 9 heteroatoms. The van der Waals surface area contributed by atoms with Gasteiger partial charge in [-0.05, 0) is 44.9 Å². The molecule has 0 heterocycles. The average Bonchev–Trinajstić information content (AvgIpc) is 3.20. The van der Waals surface area contributed by atoms with Gasteiger partial charge in [0.15, 0.2) is 0 Å². The number of carbonyl (C=O) groups excluding carboxylic acids is 1. The van der Waals surface area contributed by atoms with E-state index in [0.717, 1.165) is 44.9 Å². The van der Waals surface area contributed by atoms with Crippen LogP contribution in [0.5, 0.6) is 0 Å². The van der Waals surface area contributed by atoms with Crippen molar-refractivity contribution in [2.75, 3.05) is 19.8 Å². The van der Waals surface area contributed by atoms with Crippen LogP contribution in [0.1, 0.15) is 232 Å². The van der Waals surface area contributed by atoms with E-state index in [1.165, 1.54) is 167 Å². The first kappa shape index (κ1) is 55.7. The van der Waals surface area contributed by atoms with Crippen LogP contribution in [0.25, 0.3) is 0 Å². The lowest BCUT2D eigenvalue weighted by molar-refractivity contribution is -0.123. The van der Waals surface area contributed by atoms with Gasteiger partial charge in [0.1, 0.15) is 0 Å². The number of rotatable bonds is 45. The lowest BCUT2D eigenvalue weighted by Gasteiger charge is -2.23. The molecule has 0 aliphatic heterocycles. The Morgan fingerprint density at radius 1 is 0.561 bits per heavy atom. The first-order valence-electron chi connectivity index (χ1n) is 24.1. The molecule has 0 aromatic heterocycles. The first-order chi connectivity index (χ1) is 27.9. The van der Waals surface area contributed by atoms with E-state index in [4.69, 9.17) is 14.8 Å². The molecular formula is C48H93N2O6P. The number of nitrogens with two attached hydrogens (primary N) is 1. The van der Waals surface area contributed by atoms with Gasteiger partial charge in [-0.25, -0.2) is 4.57 Å². The molecule has 3 atom stereocenters. The molecule has 57 heavy (non-hydrogen) atoms. The van der Waals surface area contributed by atoms with E-state index in [1.54, 1.807) is 6.08 Å². The second kappa shape index (κ2) is 44.3. The van der Waals surface area contributed by atoms with Gasteiger partial charge in [0.05, 0.1) is 25.4 Å². The van der Waals surface area contributed by atoms with Crippen molar-refractivity contribution in [2.45, 2.75) is 244 Å². The van der Waals surface area contributed by atoms with E-state index >= 15 is 0 Å². The highest BCUT2D eigenvalue weighted by Gasteiger charge is 2.26. The lowest BCUT2D eigenvalue weighted by atomic mass is 10.0. The standard InChI is InChI=1S/C48H93N2O6P/c1-3-5-7-9-11-13-15-17-19-21-23-24-25-27-29-31-33-35-37-39-41-47(51)46(45-56-57(53,54)55-44-43-49)50-48(52)42-40-38-36-34-32-30-28-26-22-20-18-16-14-12-10-8-6-4-2/h24-25,31,33,39,41,46-47,51H,3-23,26-30,32,34-38,40,42-45,49H2,1-2H3,(H,50,52)(H,53,54)/b25-24+,33-31+,41-39+. The van der Waals surface area contributed by atoms with Gasteiger partial charge in [-0.15, -0.1) is 0 Å². The Hall–Kier alpha value is -1.28. The summed E-state index contributed by atoms with van der Waals surface area (Å²) in [5, 5.41) is 13.7. The van der Waals surface area contributed by atoms with Gasteiger partial charge >= 0.3 is 7.82 Å². The molecule has 0 aliphatic rings. The number of hydrogen-bond donors (Lipinski definition) is 4. The number of aliphatic hydroxyl groups is 1. The summed E-state index contributed by atoms with van der Waals surface area (Å²) >= 11 is 0. The molecule has 0 aromatic rings. The van der Waals surface area contributed by atoms with E-state index in [-0.39, 0.29) is 25.7 Å². The highest BCUT2D eigenvalue weighted by Crippen LogP contribution is 2.43. The molecule has 0 rings (SSSR count). The van der Waals surface area contributed by atoms with Crippen LogP contribution in [-0.2, 0) is 18.4 Å². The van der Waals surface area contributed by atoms with Crippen LogP contribution in [0.15, 0.2) is 36.5 Å². The minimum Gasteiger partial charge on any atom is -0.387 e. The molecule has 0 saturated carbocycles. The molecule has 3 unspecified atom stereocenters. The van der Waals surface area contributed by atoms with Crippen molar-refractivity contribution in [3.05, 3.63) is 36.5 Å². The summed E-state index contributed by atoms with van der Waals surface area (Å²) in [7, 11) is -4.35. The maximum atomic E-state index is 12.8. The van der Waals surface area contributed by atoms with Gasteiger partial charge in [-0.3, -0.25) is 13.8 Å². The van der Waals surface area contributed by atoms with Crippen molar-refractivity contribution in [2.24, 2.45) is 5.73 Å². The summed E-state index contributed by atoms with van der Waals surface area (Å²) in [5.74, 6) is -0.205. The number of phosphoric ester groups is 1. The second-order valence-electron chi connectivity index (χ2n) is 16.3. The van der Waals surface area contributed by atoms with Crippen molar-refractivity contribution < 1.29 is 28.4 Å². The Morgan fingerprint density at radius 3 is 1.35 bits per heavy atom. The molecule has 0 fully saturated rings. The minimum absolute atomic E-state index is 0.0728. The highest BCUT2D eigenvalue weighted by molar-refractivity contribution is 7.47. The molecule has 0 aliphatic carbocycles. The highest BCUT2D eigenvalue weighted by atomic mass is 31.2. The third-order valence-corrected chi connectivity index (χ3v) is 11.7. The fourth-order valence-corrected chi connectivity index (χ4v) is 7.81. The van der Waals surface area contributed by atoms with Crippen LogP contribution in [0.2, 0.25) is 0 Å². The summed E-state index contributed by atoms with van der Waals surface area (Å²) in [6, 6.07) is -0.881. The molecule has 0 aromatic carbocycles. The van der Waals surface area contributed by atoms with E-state index in [2.05, 4.69) is 43.5 Å². The molecule has 0 spiro atoms. The van der Waals surface area contributed by atoms with Crippen LogP contribution in [0.3, 0.4) is 0 Å². The van der Waals surface area contributed by atoms with Gasteiger partial charge in [0.2, 0.25) is 5.91 Å². The molecule has 0 radical (unpaired) electrons. The van der Waals surface area contributed by atoms with Gasteiger partial charge in [-0.1, -0.05) is 217 Å². The molecule has 0 saturated heterocycles. The van der Waals surface area contributed by atoms with Gasteiger partial charge in [-0.2, -0.15) is 0 Å². The van der Waals surface area contributed by atoms with Crippen LogP contribution < -0.4 is 11.1 Å². The van der Waals surface area contributed by atoms with Crippen molar-refractivity contribution in [3.8, 4) is 0 Å². The molecule has 8 nitrogen and oxygen atoms in total. The predicted octanol–water partition coefficient (Wildman–Crippen LogP) is 13.9. The molecule has 0 bridgehead atoms. The summed E-state index contributed by atoms with van der Waals surface area (Å²) in [6.45, 7) is 4.13. The number of phosphoric acid groups is 1. The second-order valence-corrected chi connectivity index (χ2v) is 17.8. The quantitative estimate of drug-likeness (QED) is 0.0273. The molecular weight excluding hydrogens is 732 g/mol. The Labute approximate surface area is 352 Å². The fraction of sp³-hybridized carbons (Fsp3) is 0.854. The average molecular weight is 825 g/mol. The largest absolute Gasteiger partial charge is 0.472 e. The monoisotopic (exact) mass is 825 g/mol. The zero-order valence-electron chi connectivity index (χ0n) is 37.3. The smallest absolute Gasteiger partial charge is 0.387 e. The number of allylic oxidation sites excluding steroid dienone is 5. The van der Waals surface area contributed by atoms with Crippen LogP contribution in [0, 0.1) is 0 Å². The number of unbranched alkanes of at least 4 members (excludes halogenated alkanes) is 29. The number of amides is 1. The SMILES string of the molecule is CCCCCCCCCCCC/C=C/CC/C=C/CC/C=C/C(O)C(COP(=O)(O)OCCN)NC(=O)CCCCCCCCCCCCCCCCCCCC.